The van der Waals surface area contributed by atoms with Crippen molar-refractivity contribution in [1.82, 2.24) is 9.97 Å². The summed E-state index contributed by atoms with van der Waals surface area (Å²) in [6.45, 7) is 2.69. The second kappa shape index (κ2) is 5.81. The molecule has 0 aliphatic carbocycles. The van der Waals surface area contributed by atoms with Crippen LogP contribution in [0.2, 0.25) is 0 Å². The van der Waals surface area contributed by atoms with E-state index in [9.17, 15) is 4.79 Å². The van der Waals surface area contributed by atoms with Gasteiger partial charge in [-0.05, 0) is 19.1 Å². The molecule has 0 aliphatic heterocycles. The topological polar surface area (TPSA) is 90.1 Å². The molecular weight excluding hydrogens is 244 g/mol. The van der Waals surface area contributed by atoms with Gasteiger partial charge in [0.15, 0.2) is 0 Å². The van der Waals surface area contributed by atoms with Gasteiger partial charge in [-0.1, -0.05) is 12.1 Å². The molecule has 6 nitrogen and oxygen atoms in total. The van der Waals surface area contributed by atoms with E-state index in [1.165, 1.54) is 6.20 Å². The van der Waals surface area contributed by atoms with E-state index in [4.69, 9.17) is 10.5 Å². The molecule has 0 atom stereocenters. The molecule has 2 aromatic rings. The molecule has 0 saturated heterocycles. The molecule has 0 saturated carbocycles. The Balaban J connectivity index is 2.26. The van der Waals surface area contributed by atoms with Crippen LogP contribution in [-0.2, 0) is 0 Å². The maximum Gasteiger partial charge on any atom is 0.252 e. The van der Waals surface area contributed by atoms with Crippen LogP contribution >= 0.6 is 0 Å². The summed E-state index contributed by atoms with van der Waals surface area (Å²) in [6, 6.07) is 6.72. The Kier molecular flexibility index (Phi) is 3.92. The highest BCUT2D eigenvalue weighted by atomic mass is 16.5. The van der Waals surface area contributed by atoms with E-state index in [1.807, 2.05) is 6.92 Å². The minimum Gasteiger partial charge on any atom is -0.437 e. The molecule has 1 aromatic heterocycles. The van der Waals surface area contributed by atoms with Crippen LogP contribution in [0.1, 0.15) is 17.3 Å². The van der Waals surface area contributed by atoms with Gasteiger partial charge in [0.1, 0.15) is 11.6 Å². The number of carbonyl (C=O) groups is 1. The molecule has 19 heavy (non-hydrogen) atoms. The smallest absolute Gasteiger partial charge is 0.252 e. The summed E-state index contributed by atoms with van der Waals surface area (Å²) in [5, 5.41) is 3.03. The van der Waals surface area contributed by atoms with Crippen LogP contribution in [0.3, 0.4) is 0 Å². The summed E-state index contributed by atoms with van der Waals surface area (Å²) in [7, 11) is 0. The molecule has 98 valence electrons. The Morgan fingerprint density at radius 2 is 2.16 bits per heavy atom. The number of primary amides is 1. The van der Waals surface area contributed by atoms with E-state index in [0.29, 0.717) is 23.0 Å². The number of nitrogens with zero attached hydrogens (tertiary/aromatic N) is 2. The zero-order chi connectivity index (χ0) is 13.7. The monoisotopic (exact) mass is 258 g/mol. The zero-order valence-electron chi connectivity index (χ0n) is 10.5. The minimum atomic E-state index is -0.550. The summed E-state index contributed by atoms with van der Waals surface area (Å²) < 4.78 is 5.54. The van der Waals surface area contributed by atoms with E-state index in [0.717, 1.165) is 6.54 Å². The SMILES string of the molecule is CCNc1cncc(Oc2ccccc2C(N)=O)n1. The Labute approximate surface area is 110 Å². The Hall–Kier alpha value is -2.63. The van der Waals surface area contributed by atoms with Crippen molar-refractivity contribution < 1.29 is 9.53 Å². The summed E-state index contributed by atoms with van der Waals surface area (Å²) in [4.78, 5) is 19.5. The number of anilines is 1. The lowest BCUT2D eigenvalue weighted by molar-refractivity contribution is 0.0998. The number of nitrogens with one attached hydrogen (secondary N) is 1. The van der Waals surface area contributed by atoms with Crippen LogP contribution in [-0.4, -0.2) is 22.4 Å². The Bertz CT molecular complexity index is 586. The molecule has 1 heterocycles. The number of aromatic nitrogens is 2. The number of benzene rings is 1. The number of ether oxygens (including phenoxy) is 1. The molecule has 0 spiro atoms. The third-order valence-electron chi connectivity index (χ3n) is 2.34. The van der Waals surface area contributed by atoms with Gasteiger partial charge in [0, 0.05) is 6.54 Å². The first-order valence-corrected chi connectivity index (χ1v) is 5.83. The molecule has 0 unspecified atom stereocenters. The number of amides is 1. The lowest BCUT2D eigenvalue weighted by Gasteiger charge is -2.09. The van der Waals surface area contributed by atoms with E-state index in [2.05, 4.69) is 15.3 Å². The van der Waals surface area contributed by atoms with Gasteiger partial charge in [0.05, 0.1) is 18.0 Å². The van der Waals surface area contributed by atoms with Crippen LogP contribution in [0.15, 0.2) is 36.7 Å². The molecule has 0 radical (unpaired) electrons. The molecule has 3 N–H and O–H groups in total. The molecule has 0 fully saturated rings. The highest BCUT2D eigenvalue weighted by Crippen LogP contribution is 2.23. The van der Waals surface area contributed by atoms with Crippen molar-refractivity contribution in [3.05, 3.63) is 42.2 Å². The van der Waals surface area contributed by atoms with Crippen molar-refractivity contribution in [2.24, 2.45) is 5.73 Å². The predicted octanol–water partition coefficient (Wildman–Crippen LogP) is 1.80. The van der Waals surface area contributed by atoms with Crippen LogP contribution in [0.25, 0.3) is 0 Å². The first-order valence-electron chi connectivity index (χ1n) is 5.83. The lowest BCUT2D eigenvalue weighted by Crippen LogP contribution is -2.12. The predicted molar refractivity (Wildman–Crippen MR) is 71.2 cm³/mol. The summed E-state index contributed by atoms with van der Waals surface area (Å²) in [5.41, 5.74) is 5.58. The number of rotatable bonds is 5. The van der Waals surface area contributed by atoms with Crippen LogP contribution in [0.4, 0.5) is 5.82 Å². The number of carbonyl (C=O) groups excluding carboxylic acids is 1. The van der Waals surface area contributed by atoms with Gasteiger partial charge in [-0.2, -0.15) is 4.98 Å². The number of para-hydroxylation sites is 1. The summed E-state index contributed by atoms with van der Waals surface area (Å²) >= 11 is 0. The minimum absolute atomic E-state index is 0.298. The van der Waals surface area contributed by atoms with Gasteiger partial charge in [0.2, 0.25) is 5.88 Å². The average Bonchev–Trinajstić information content (AvgIpc) is 2.40. The Morgan fingerprint density at radius 3 is 2.89 bits per heavy atom. The summed E-state index contributed by atoms with van der Waals surface area (Å²) in [6.07, 6.45) is 3.06. The standard InChI is InChI=1S/C13H14N4O2/c1-2-16-11-7-15-8-12(17-11)19-10-6-4-3-5-9(10)13(14)18/h3-8H,2H2,1H3,(H2,14,18)(H,16,17). The molecule has 1 aromatic carbocycles. The largest absolute Gasteiger partial charge is 0.437 e. The van der Waals surface area contributed by atoms with Crippen molar-refractivity contribution in [2.45, 2.75) is 6.92 Å². The highest BCUT2D eigenvalue weighted by molar-refractivity contribution is 5.95. The van der Waals surface area contributed by atoms with Crippen molar-refractivity contribution >= 4 is 11.7 Å². The van der Waals surface area contributed by atoms with Crippen molar-refractivity contribution in [3.63, 3.8) is 0 Å². The van der Waals surface area contributed by atoms with E-state index in [1.54, 1.807) is 30.5 Å². The van der Waals surface area contributed by atoms with Crippen LogP contribution in [0, 0.1) is 0 Å². The molecule has 0 bridgehead atoms. The fourth-order valence-corrected chi connectivity index (χ4v) is 1.54. The summed E-state index contributed by atoms with van der Waals surface area (Å²) in [5.74, 6) is 0.716. The highest BCUT2D eigenvalue weighted by Gasteiger charge is 2.10. The second-order valence-electron chi connectivity index (χ2n) is 3.74. The molecule has 6 heteroatoms. The van der Waals surface area contributed by atoms with Crippen molar-refractivity contribution in [2.75, 3.05) is 11.9 Å². The first kappa shape index (κ1) is 12.8. The maximum atomic E-state index is 11.3. The average molecular weight is 258 g/mol. The third kappa shape index (κ3) is 3.19. The van der Waals surface area contributed by atoms with E-state index in [-0.39, 0.29) is 0 Å². The van der Waals surface area contributed by atoms with E-state index < -0.39 is 5.91 Å². The van der Waals surface area contributed by atoms with Gasteiger partial charge < -0.3 is 15.8 Å². The number of nitrogens with two attached hydrogens (primary N) is 1. The quantitative estimate of drug-likeness (QED) is 0.853. The van der Waals surface area contributed by atoms with Gasteiger partial charge in [-0.15, -0.1) is 0 Å². The van der Waals surface area contributed by atoms with Crippen molar-refractivity contribution in [1.29, 1.82) is 0 Å². The second-order valence-corrected chi connectivity index (χ2v) is 3.74. The molecular formula is C13H14N4O2. The molecule has 0 aliphatic rings. The molecule has 2 rings (SSSR count). The zero-order valence-corrected chi connectivity index (χ0v) is 10.5. The lowest BCUT2D eigenvalue weighted by atomic mass is 10.2. The first-order chi connectivity index (χ1) is 9.20. The normalized spacial score (nSPS) is 9.95. The van der Waals surface area contributed by atoms with Gasteiger partial charge in [-0.3, -0.25) is 9.78 Å². The van der Waals surface area contributed by atoms with Gasteiger partial charge >= 0.3 is 0 Å². The van der Waals surface area contributed by atoms with Crippen molar-refractivity contribution in [3.8, 4) is 11.6 Å². The Morgan fingerprint density at radius 1 is 1.37 bits per heavy atom. The molecule has 1 amide bonds. The van der Waals surface area contributed by atoms with Crippen LogP contribution < -0.4 is 15.8 Å². The van der Waals surface area contributed by atoms with Gasteiger partial charge in [0.25, 0.3) is 5.91 Å². The maximum absolute atomic E-state index is 11.3. The number of hydrogen-bond acceptors (Lipinski definition) is 5. The number of hydrogen-bond donors (Lipinski definition) is 2. The van der Waals surface area contributed by atoms with Crippen LogP contribution in [0.5, 0.6) is 11.6 Å². The third-order valence-corrected chi connectivity index (χ3v) is 2.34. The fraction of sp³-hybridized carbons (Fsp3) is 0.154. The van der Waals surface area contributed by atoms with E-state index >= 15 is 0 Å². The fourth-order valence-electron chi connectivity index (χ4n) is 1.54. The van der Waals surface area contributed by atoms with Gasteiger partial charge in [-0.25, -0.2) is 0 Å².